The first-order valence-corrected chi connectivity index (χ1v) is 25.2. The van der Waals surface area contributed by atoms with Gasteiger partial charge in [-0.25, -0.2) is 0 Å². The first-order chi connectivity index (χ1) is 33.1. The van der Waals surface area contributed by atoms with E-state index in [4.69, 9.17) is 14.9 Å². The Morgan fingerprint density at radius 3 is 1.54 bits per heavy atom. The number of rotatable bonds is 16. The molecular weight excluding hydrogens is 863 g/mol. The van der Waals surface area contributed by atoms with E-state index < -0.39 is 12.1 Å². The second-order valence-corrected chi connectivity index (χ2v) is 21.0. The Hall–Kier alpha value is -6.37. The van der Waals surface area contributed by atoms with Crippen LogP contribution in [-0.4, -0.2) is 80.2 Å². The van der Waals surface area contributed by atoms with Crippen molar-refractivity contribution >= 4 is 23.4 Å². The molecule has 3 fully saturated rings. The Morgan fingerprint density at radius 1 is 0.681 bits per heavy atom. The zero-order valence-corrected chi connectivity index (χ0v) is 42.1. The lowest BCUT2D eigenvalue weighted by Crippen LogP contribution is -2.50. The van der Waals surface area contributed by atoms with Crippen molar-refractivity contribution in [2.24, 2.45) is 11.8 Å². The number of benzene rings is 3. The number of aromatic amines is 2. The van der Waals surface area contributed by atoms with Gasteiger partial charge in [0, 0.05) is 36.3 Å². The third kappa shape index (κ3) is 10.5. The number of aromatic nitrogens is 4. The van der Waals surface area contributed by atoms with Gasteiger partial charge >= 0.3 is 0 Å². The van der Waals surface area contributed by atoms with Crippen LogP contribution < -0.4 is 15.5 Å². The standard InChI is InChI=1S/C56H73N9O4/c1-11-51(66)58-53(35(4)5)55(68)64-31-13-15-50(64)46-33-44(60-62-46)38-18-22-40(23-19-38)48-29-28-47(65(48)42-26-24-41(25-27-42)56(7,8)9)39-20-16-37(17-21-39)43-32-45(61-59-43)49-14-12-30-63(49)54(67)52(34(2)3)57-36(6)69-10/h16-27,32-35,47-50,52-53,57H,6,11-15,28-31H2,1-5,7-10H3,(H,58,66)(H,59,61)(H,60,62)/t47-,48+,49-,50-,52-,53-/m0/s1. The lowest BCUT2D eigenvalue weighted by atomic mass is 9.87. The van der Waals surface area contributed by atoms with Crippen molar-refractivity contribution in [1.29, 1.82) is 0 Å². The van der Waals surface area contributed by atoms with E-state index in [0.29, 0.717) is 25.4 Å². The Kier molecular flexibility index (Phi) is 14.7. The van der Waals surface area contributed by atoms with Gasteiger partial charge in [-0.3, -0.25) is 24.6 Å². The molecule has 0 bridgehead atoms. The van der Waals surface area contributed by atoms with Crippen LogP contribution in [0.4, 0.5) is 5.69 Å². The molecule has 8 rings (SSSR count). The number of carbonyl (C=O) groups is 3. The number of ether oxygens (including phenoxy) is 1. The van der Waals surface area contributed by atoms with Crippen LogP contribution in [0.25, 0.3) is 22.5 Å². The third-order valence-electron chi connectivity index (χ3n) is 14.7. The number of H-pyrrole nitrogens is 2. The zero-order chi connectivity index (χ0) is 49.1. The summed E-state index contributed by atoms with van der Waals surface area (Å²) in [6.07, 6.45) is 5.86. The number of hydrogen-bond acceptors (Lipinski definition) is 8. The summed E-state index contributed by atoms with van der Waals surface area (Å²) in [5.74, 6) is 0.311. The topological polar surface area (TPSA) is 152 Å². The average Bonchev–Trinajstić information content (AvgIpc) is 4.21. The number of likely N-dealkylation sites (tertiary alicyclic amines) is 2. The third-order valence-corrected chi connectivity index (χ3v) is 14.7. The van der Waals surface area contributed by atoms with Crippen molar-refractivity contribution in [3.63, 3.8) is 0 Å². The van der Waals surface area contributed by atoms with Crippen molar-refractivity contribution < 1.29 is 19.1 Å². The van der Waals surface area contributed by atoms with Gasteiger partial charge in [-0.15, -0.1) is 0 Å². The SMILES string of the molecule is C=C(N[C@H](C(=O)N1CCC[C@H]1c1cc(-c2ccc([C@@H]3CC[C@H](c4ccc(-c5cc([C@@H]6CCCN6C(=O)[C@@H](NC(=O)CC)C(C)C)[nH]n5)cc4)N3c3ccc(C(C)(C)C)cc3)cc2)n[nH]1)C(C)C)OC. The monoisotopic (exact) mass is 936 g/mol. The smallest absolute Gasteiger partial charge is 0.245 e. The molecule has 6 atom stereocenters. The quantitative estimate of drug-likeness (QED) is 0.0714. The Bertz CT molecular complexity index is 2420. The van der Waals surface area contributed by atoms with Gasteiger partial charge in [-0.05, 0) is 103 Å². The summed E-state index contributed by atoms with van der Waals surface area (Å²) in [7, 11) is 1.55. The molecule has 0 aliphatic carbocycles. The van der Waals surface area contributed by atoms with Crippen LogP contribution in [0.5, 0.6) is 0 Å². The lowest BCUT2D eigenvalue weighted by molar-refractivity contribution is -0.138. The summed E-state index contributed by atoms with van der Waals surface area (Å²) < 4.78 is 5.26. The first kappa shape index (κ1) is 49.1. The molecule has 4 N–H and O–H groups in total. The fourth-order valence-corrected chi connectivity index (χ4v) is 10.6. The molecule has 2 aromatic heterocycles. The number of hydrogen-bond donors (Lipinski definition) is 4. The molecular formula is C56H73N9O4. The summed E-state index contributed by atoms with van der Waals surface area (Å²) in [6.45, 7) is 21.8. The van der Waals surface area contributed by atoms with Crippen molar-refractivity contribution in [3.05, 3.63) is 125 Å². The molecule has 0 saturated carbocycles. The molecule has 13 nitrogen and oxygen atoms in total. The van der Waals surface area contributed by atoms with Gasteiger partial charge < -0.3 is 30.1 Å². The van der Waals surface area contributed by atoms with Gasteiger partial charge in [0.1, 0.15) is 12.1 Å². The highest BCUT2D eigenvalue weighted by Gasteiger charge is 2.39. The molecule has 69 heavy (non-hydrogen) atoms. The fraction of sp³-hybridized carbons (Fsp3) is 0.482. The number of methoxy groups -OCH3 is 1. The minimum atomic E-state index is -0.557. The Balaban J connectivity index is 1.00. The average molecular weight is 936 g/mol. The molecule has 13 heteroatoms. The maximum atomic E-state index is 13.9. The van der Waals surface area contributed by atoms with Gasteiger partial charge in [0.05, 0.1) is 54.1 Å². The summed E-state index contributed by atoms with van der Waals surface area (Å²) in [4.78, 5) is 46.5. The zero-order valence-electron chi connectivity index (χ0n) is 42.1. The molecule has 0 unspecified atom stereocenters. The van der Waals surface area contributed by atoms with Crippen molar-refractivity contribution in [2.45, 2.75) is 142 Å². The number of nitrogens with one attached hydrogen (secondary N) is 4. The minimum absolute atomic E-state index is 0.0220. The van der Waals surface area contributed by atoms with E-state index in [9.17, 15) is 14.4 Å². The number of carbonyl (C=O) groups excluding carboxylic acids is 3. The molecule has 3 aromatic carbocycles. The maximum absolute atomic E-state index is 13.9. The highest BCUT2D eigenvalue weighted by Crippen LogP contribution is 2.48. The van der Waals surface area contributed by atoms with Crippen LogP contribution in [0.2, 0.25) is 0 Å². The predicted octanol–water partition coefficient (Wildman–Crippen LogP) is 10.5. The van der Waals surface area contributed by atoms with Crippen LogP contribution in [0.3, 0.4) is 0 Å². The largest absolute Gasteiger partial charge is 0.483 e. The molecule has 5 heterocycles. The number of anilines is 1. The molecule has 366 valence electrons. The van der Waals surface area contributed by atoms with Gasteiger partial charge in [0.2, 0.25) is 17.7 Å². The van der Waals surface area contributed by atoms with Gasteiger partial charge in [-0.1, -0.05) is 116 Å². The van der Waals surface area contributed by atoms with E-state index >= 15 is 0 Å². The summed E-state index contributed by atoms with van der Waals surface area (Å²) in [6, 6.07) is 30.1. The number of nitrogens with zero attached hydrogens (tertiary/aromatic N) is 5. The summed E-state index contributed by atoms with van der Waals surface area (Å²) in [5.41, 5.74) is 10.6. The minimum Gasteiger partial charge on any atom is -0.483 e. The van der Waals surface area contributed by atoms with E-state index in [2.05, 4.69) is 138 Å². The second-order valence-electron chi connectivity index (χ2n) is 21.0. The van der Waals surface area contributed by atoms with Crippen LogP contribution in [0.1, 0.15) is 153 Å². The van der Waals surface area contributed by atoms with E-state index in [0.717, 1.165) is 72.4 Å². The van der Waals surface area contributed by atoms with Gasteiger partial charge in [0.25, 0.3) is 0 Å². The van der Waals surface area contributed by atoms with Crippen molar-refractivity contribution in [1.82, 2.24) is 40.8 Å². The second kappa shape index (κ2) is 20.7. The van der Waals surface area contributed by atoms with E-state index in [1.54, 1.807) is 14.0 Å². The van der Waals surface area contributed by atoms with Gasteiger partial charge in [0.15, 0.2) is 5.88 Å². The summed E-state index contributed by atoms with van der Waals surface area (Å²) >= 11 is 0. The lowest BCUT2D eigenvalue weighted by Gasteiger charge is -2.34. The van der Waals surface area contributed by atoms with Crippen molar-refractivity contribution in [3.8, 4) is 22.5 Å². The highest BCUT2D eigenvalue weighted by molar-refractivity contribution is 5.88. The summed E-state index contributed by atoms with van der Waals surface area (Å²) in [5, 5.41) is 22.2. The maximum Gasteiger partial charge on any atom is 0.245 e. The van der Waals surface area contributed by atoms with E-state index in [1.165, 1.54) is 22.4 Å². The van der Waals surface area contributed by atoms with Crippen molar-refractivity contribution in [2.75, 3.05) is 25.1 Å². The molecule has 3 aliphatic rings. The normalized spacial score (nSPS) is 20.4. The van der Waals surface area contributed by atoms with Crippen LogP contribution in [0.15, 0.2) is 97.4 Å². The van der Waals surface area contributed by atoms with Crippen LogP contribution in [-0.2, 0) is 24.5 Å². The fourth-order valence-electron chi connectivity index (χ4n) is 10.6. The van der Waals surface area contributed by atoms with E-state index in [-0.39, 0.29) is 59.1 Å². The van der Waals surface area contributed by atoms with Crippen LogP contribution in [0, 0.1) is 11.8 Å². The van der Waals surface area contributed by atoms with E-state index in [1.807, 2.05) is 37.5 Å². The van der Waals surface area contributed by atoms with Crippen LogP contribution >= 0.6 is 0 Å². The van der Waals surface area contributed by atoms with Gasteiger partial charge in [-0.2, -0.15) is 10.2 Å². The molecule has 0 radical (unpaired) electrons. The molecule has 0 spiro atoms. The highest BCUT2D eigenvalue weighted by atomic mass is 16.5. The predicted molar refractivity (Wildman–Crippen MR) is 273 cm³/mol. The Morgan fingerprint density at radius 2 is 1.13 bits per heavy atom. The molecule has 5 aromatic rings. The molecule has 3 saturated heterocycles. The number of amides is 3. The molecule has 3 amide bonds. The molecule has 3 aliphatic heterocycles. The first-order valence-electron chi connectivity index (χ1n) is 25.2. The Labute approximate surface area is 408 Å².